The largest absolute Gasteiger partial charge is 0.303 e. The smallest absolute Gasteiger partial charge is 0.258 e. The Balaban J connectivity index is 2.13. The van der Waals surface area contributed by atoms with Gasteiger partial charge in [-0.25, -0.2) is 0 Å². The molecule has 0 aromatic heterocycles. The molecule has 0 aliphatic carbocycles. The first-order valence-corrected chi connectivity index (χ1v) is 8.10. The van der Waals surface area contributed by atoms with Crippen molar-refractivity contribution in [1.82, 2.24) is 0 Å². The molecule has 112 valence electrons. The summed E-state index contributed by atoms with van der Waals surface area (Å²) in [6.45, 7) is 3.83. The van der Waals surface area contributed by atoms with Gasteiger partial charge >= 0.3 is 0 Å². The number of carbonyl (C=O) groups is 2. The third kappa shape index (κ3) is 2.37. The van der Waals surface area contributed by atoms with Crippen molar-refractivity contribution in [3.8, 4) is 0 Å². The number of Topliss-reactive ketones (excluding diaryl/α,β-unsaturated/α-hetero) is 1. The van der Waals surface area contributed by atoms with Gasteiger partial charge in [-0.15, -0.1) is 0 Å². The normalized spacial score (nSPS) is 20.7. The van der Waals surface area contributed by atoms with Crippen LogP contribution >= 0.6 is 15.9 Å². The highest BCUT2D eigenvalue weighted by Crippen LogP contribution is 2.35. The molecule has 2 aromatic carbocycles. The average Bonchev–Trinajstić information content (AvgIpc) is 2.54. The van der Waals surface area contributed by atoms with E-state index in [0.29, 0.717) is 16.8 Å². The number of amides is 1. The number of anilines is 1. The number of nitrogens with zero attached hydrogens (tertiary/aromatic N) is 1. The van der Waals surface area contributed by atoms with Crippen molar-refractivity contribution in [3.63, 3.8) is 0 Å². The predicted molar refractivity (Wildman–Crippen MR) is 90.9 cm³/mol. The fourth-order valence-electron chi connectivity index (χ4n) is 2.79. The lowest BCUT2D eigenvalue weighted by atomic mass is 9.93. The van der Waals surface area contributed by atoms with Gasteiger partial charge < -0.3 is 4.90 Å². The van der Waals surface area contributed by atoms with E-state index in [1.807, 2.05) is 50.2 Å². The van der Waals surface area contributed by atoms with E-state index in [4.69, 9.17) is 0 Å². The van der Waals surface area contributed by atoms with Gasteiger partial charge in [0.2, 0.25) is 0 Å². The molecule has 0 bridgehead atoms. The molecule has 1 amide bonds. The first kappa shape index (κ1) is 15.0. The Kier molecular flexibility index (Phi) is 3.87. The first-order valence-electron chi connectivity index (χ1n) is 7.18. The van der Waals surface area contributed by atoms with Gasteiger partial charge in [0.25, 0.3) is 5.91 Å². The Labute approximate surface area is 138 Å². The highest BCUT2D eigenvalue weighted by Gasteiger charge is 2.39. The topological polar surface area (TPSA) is 37.4 Å². The summed E-state index contributed by atoms with van der Waals surface area (Å²) in [5.41, 5.74) is 2.92. The number of carbonyl (C=O) groups excluding carboxylic acids is 2. The minimum atomic E-state index is -0.394. The molecule has 0 radical (unpaired) electrons. The zero-order valence-electron chi connectivity index (χ0n) is 12.4. The Hall–Kier alpha value is -1.94. The molecule has 0 saturated carbocycles. The molecule has 4 heteroatoms. The molecule has 0 N–H and O–H groups in total. The lowest BCUT2D eigenvalue weighted by Gasteiger charge is -2.37. The van der Waals surface area contributed by atoms with E-state index in [0.717, 1.165) is 5.56 Å². The van der Waals surface area contributed by atoms with Crippen LogP contribution in [0.1, 0.15) is 33.2 Å². The average molecular weight is 358 g/mol. The molecule has 22 heavy (non-hydrogen) atoms. The number of hydrogen-bond acceptors (Lipinski definition) is 2. The summed E-state index contributed by atoms with van der Waals surface area (Å²) in [6, 6.07) is 14.6. The third-order valence-corrected chi connectivity index (χ3v) is 5.18. The molecule has 3 rings (SSSR count). The van der Waals surface area contributed by atoms with E-state index in [-0.39, 0.29) is 17.7 Å². The number of benzene rings is 2. The molecule has 2 aromatic rings. The van der Waals surface area contributed by atoms with E-state index < -0.39 is 4.83 Å². The van der Waals surface area contributed by atoms with Gasteiger partial charge in [0.15, 0.2) is 5.78 Å². The lowest BCUT2D eigenvalue weighted by molar-refractivity contribution is 0.0944. The highest BCUT2D eigenvalue weighted by molar-refractivity contribution is 9.10. The lowest BCUT2D eigenvalue weighted by Crippen LogP contribution is -2.50. The predicted octanol–water partition coefficient (Wildman–Crippen LogP) is 3.99. The van der Waals surface area contributed by atoms with Crippen LogP contribution in [0.4, 0.5) is 5.69 Å². The van der Waals surface area contributed by atoms with E-state index >= 15 is 0 Å². The molecule has 1 aliphatic rings. The van der Waals surface area contributed by atoms with Gasteiger partial charge in [0, 0.05) is 11.1 Å². The Morgan fingerprint density at radius 1 is 1.14 bits per heavy atom. The summed E-state index contributed by atoms with van der Waals surface area (Å²) in [6.07, 6.45) is 0. The maximum Gasteiger partial charge on any atom is 0.258 e. The van der Waals surface area contributed by atoms with Crippen molar-refractivity contribution in [3.05, 3.63) is 65.2 Å². The van der Waals surface area contributed by atoms with E-state index in [2.05, 4.69) is 15.9 Å². The number of ketones is 1. The Morgan fingerprint density at radius 3 is 2.50 bits per heavy atom. The summed E-state index contributed by atoms with van der Waals surface area (Å²) in [5.74, 6) is -0.0570. The second kappa shape index (κ2) is 5.69. The fourth-order valence-corrected chi connectivity index (χ4v) is 3.27. The molecule has 1 aliphatic heterocycles. The summed E-state index contributed by atoms with van der Waals surface area (Å²) < 4.78 is 0. The molecule has 1 heterocycles. The van der Waals surface area contributed by atoms with Crippen LogP contribution in [0.2, 0.25) is 0 Å². The fraction of sp³-hybridized carbons (Fsp3) is 0.222. The monoisotopic (exact) mass is 357 g/mol. The van der Waals surface area contributed by atoms with Crippen molar-refractivity contribution < 1.29 is 9.59 Å². The van der Waals surface area contributed by atoms with Gasteiger partial charge in [0.05, 0.1) is 16.6 Å². The van der Waals surface area contributed by atoms with Crippen molar-refractivity contribution in [2.75, 3.05) is 4.90 Å². The first-order chi connectivity index (χ1) is 10.5. The van der Waals surface area contributed by atoms with Crippen LogP contribution in [0.25, 0.3) is 0 Å². The molecule has 0 saturated heterocycles. The van der Waals surface area contributed by atoms with E-state index in [1.54, 1.807) is 17.0 Å². The van der Waals surface area contributed by atoms with Gasteiger partial charge in [-0.05, 0) is 38.1 Å². The Bertz CT molecular complexity index is 742. The zero-order chi connectivity index (χ0) is 15.9. The van der Waals surface area contributed by atoms with Crippen molar-refractivity contribution in [2.24, 2.45) is 0 Å². The van der Waals surface area contributed by atoms with Gasteiger partial charge in [-0.3, -0.25) is 9.59 Å². The number of rotatable bonds is 1. The number of hydrogen-bond donors (Lipinski definition) is 0. The van der Waals surface area contributed by atoms with Crippen LogP contribution in [0.5, 0.6) is 0 Å². The zero-order valence-corrected chi connectivity index (χ0v) is 14.0. The second-order valence-corrected chi connectivity index (χ2v) is 6.55. The van der Waals surface area contributed by atoms with E-state index in [9.17, 15) is 9.59 Å². The van der Waals surface area contributed by atoms with E-state index in [1.165, 1.54) is 0 Å². The van der Waals surface area contributed by atoms with Crippen molar-refractivity contribution in [2.45, 2.75) is 24.7 Å². The van der Waals surface area contributed by atoms with Gasteiger partial charge in [-0.2, -0.15) is 0 Å². The summed E-state index contributed by atoms with van der Waals surface area (Å²) in [7, 11) is 0. The van der Waals surface area contributed by atoms with Gasteiger partial charge in [-0.1, -0.05) is 45.8 Å². The molecule has 2 atom stereocenters. The number of aryl methyl sites for hydroxylation is 1. The van der Waals surface area contributed by atoms with Crippen molar-refractivity contribution >= 4 is 33.3 Å². The molecule has 0 fully saturated rings. The summed E-state index contributed by atoms with van der Waals surface area (Å²) >= 11 is 3.45. The minimum Gasteiger partial charge on any atom is -0.303 e. The van der Waals surface area contributed by atoms with Crippen LogP contribution in [-0.4, -0.2) is 22.6 Å². The van der Waals surface area contributed by atoms with Crippen LogP contribution in [0, 0.1) is 6.92 Å². The number of halogens is 1. The maximum atomic E-state index is 12.9. The summed E-state index contributed by atoms with van der Waals surface area (Å²) in [4.78, 5) is 26.7. The molecule has 3 nitrogen and oxygen atoms in total. The SMILES string of the molecule is Cc1ccc2c(c1)C(=O)[C@H](Br)[C@H](C)N2C(=O)c1ccccc1. The summed E-state index contributed by atoms with van der Waals surface area (Å²) in [5, 5.41) is 0. The molecular formula is C18H16BrNO2. The number of alkyl halides is 1. The minimum absolute atomic E-state index is 0.0308. The molecule has 0 unspecified atom stereocenters. The number of fused-ring (bicyclic) bond motifs is 1. The Morgan fingerprint density at radius 2 is 1.82 bits per heavy atom. The molecule has 0 spiro atoms. The highest BCUT2D eigenvalue weighted by atomic mass is 79.9. The van der Waals surface area contributed by atoms with Gasteiger partial charge in [0.1, 0.15) is 0 Å². The second-order valence-electron chi connectivity index (χ2n) is 5.57. The van der Waals surface area contributed by atoms with Crippen molar-refractivity contribution in [1.29, 1.82) is 0 Å². The van der Waals surface area contributed by atoms with Crippen LogP contribution in [0.3, 0.4) is 0 Å². The van der Waals surface area contributed by atoms with Crippen LogP contribution in [0.15, 0.2) is 48.5 Å². The standard InChI is InChI=1S/C18H16BrNO2/c1-11-8-9-15-14(10-11)17(21)16(19)12(2)20(15)18(22)13-6-4-3-5-7-13/h3-10,12,16H,1-2H3/t12-,16+/m0/s1. The molecular weight excluding hydrogens is 342 g/mol. The third-order valence-electron chi connectivity index (χ3n) is 4.00. The quantitative estimate of drug-likeness (QED) is 0.723. The van der Waals surface area contributed by atoms with Crippen LogP contribution < -0.4 is 4.90 Å². The maximum absolute atomic E-state index is 12.9. The van der Waals surface area contributed by atoms with Crippen LogP contribution in [-0.2, 0) is 0 Å².